The molecule has 0 aromatic rings. The molecule has 0 spiro atoms. The number of nitrogens with one attached hydrogen (secondary N) is 1. The Morgan fingerprint density at radius 2 is 1.72 bits per heavy atom. The Bertz CT molecular complexity index is 286. The first-order valence-electron chi connectivity index (χ1n) is 6.46. The Morgan fingerprint density at radius 3 is 2.22 bits per heavy atom. The average Bonchev–Trinajstić information content (AvgIpc) is 2.36. The summed E-state index contributed by atoms with van der Waals surface area (Å²) in [5.74, 6) is -0.000695. The van der Waals surface area contributed by atoms with Crippen molar-refractivity contribution in [2.45, 2.75) is 26.9 Å². The van der Waals surface area contributed by atoms with Gasteiger partial charge >= 0.3 is 6.03 Å². The van der Waals surface area contributed by atoms with Gasteiger partial charge in [-0.05, 0) is 20.8 Å². The standard InChI is InChI=1S/C12H23N3O3/c1-4-13-12(17)15-7-5-14(6-8-15)11(16)9-18-10(2)3/h10H,4-9H2,1-3H3,(H,13,17). The second-order valence-corrected chi connectivity index (χ2v) is 4.56. The summed E-state index contributed by atoms with van der Waals surface area (Å²) in [5, 5.41) is 2.76. The normalized spacial score (nSPS) is 16.0. The highest BCUT2D eigenvalue weighted by Gasteiger charge is 2.23. The summed E-state index contributed by atoms with van der Waals surface area (Å²) in [5.41, 5.74) is 0. The van der Waals surface area contributed by atoms with E-state index >= 15 is 0 Å². The molecule has 0 unspecified atom stereocenters. The first kappa shape index (κ1) is 14.8. The molecule has 1 fully saturated rings. The molecule has 0 saturated carbocycles. The molecule has 1 saturated heterocycles. The van der Waals surface area contributed by atoms with Crippen molar-refractivity contribution in [3.05, 3.63) is 0 Å². The lowest BCUT2D eigenvalue weighted by atomic mass is 10.3. The number of hydrogen-bond acceptors (Lipinski definition) is 3. The fraction of sp³-hybridized carbons (Fsp3) is 0.833. The molecule has 6 nitrogen and oxygen atoms in total. The molecule has 0 aliphatic carbocycles. The minimum atomic E-state index is -0.0528. The summed E-state index contributed by atoms with van der Waals surface area (Å²) < 4.78 is 5.29. The molecule has 0 bridgehead atoms. The monoisotopic (exact) mass is 257 g/mol. The van der Waals surface area contributed by atoms with Crippen LogP contribution in [0.2, 0.25) is 0 Å². The summed E-state index contributed by atoms with van der Waals surface area (Å²) in [7, 11) is 0. The molecule has 1 heterocycles. The number of piperazine rings is 1. The van der Waals surface area contributed by atoms with Crippen molar-refractivity contribution in [3.63, 3.8) is 0 Å². The van der Waals surface area contributed by atoms with E-state index in [1.807, 2.05) is 20.8 Å². The molecule has 1 aliphatic heterocycles. The quantitative estimate of drug-likeness (QED) is 0.787. The zero-order valence-corrected chi connectivity index (χ0v) is 11.4. The van der Waals surface area contributed by atoms with Crippen LogP contribution >= 0.6 is 0 Å². The van der Waals surface area contributed by atoms with E-state index in [-0.39, 0.29) is 24.6 Å². The van der Waals surface area contributed by atoms with Crippen molar-refractivity contribution in [1.29, 1.82) is 0 Å². The van der Waals surface area contributed by atoms with Gasteiger partial charge in [0.25, 0.3) is 0 Å². The van der Waals surface area contributed by atoms with Crippen LogP contribution in [0, 0.1) is 0 Å². The number of amides is 3. The van der Waals surface area contributed by atoms with Gasteiger partial charge < -0.3 is 19.9 Å². The van der Waals surface area contributed by atoms with Crippen molar-refractivity contribution in [2.75, 3.05) is 39.3 Å². The molecular formula is C12H23N3O3. The highest BCUT2D eigenvalue weighted by atomic mass is 16.5. The third kappa shape index (κ3) is 4.52. The maximum absolute atomic E-state index is 11.8. The first-order chi connectivity index (χ1) is 8.54. The van der Waals surface area contributed by atoms with Crippen molar-refractivity contribution < 1.29 is 14.3 Å². The Hall–Kier alpha value is -1.30. The molecule has 0 aromatic heterocycles. The third-order valence-corrected chi connectivity index (χ3v) is 2.79. The molecule has 0 radical (unpaired) electrons. The molecule has 3 amide bonds. The first-order valence-corrected chi connectivity index (χ1v) is 6.46. The van der Waals surface area contributed by atoms with Gasteiger partial charge in [0.1, 0.15) is 6.61 Å². The average molecular weight is 257 g/mol. The van der Waals surface area contributed by atoms with Crippen LogP contribution in [-0.4, -0.2) is 67.2 Å². The fourth-order valence-electron chi connectivity index (χ4n) is 1.75. The second kappa shape index (κ2) is 7.20. The van der Waals surface area contributed by atoms with Gasteiger partial charge in [0.15, 0.2) is 0 Å². The highest BCUT2D eigenvalue weighted by Crippen LogP contribution is 2.03. The molecule has 0 aromatic carbocycles. The van der Waals surface area contributed by atoms with Gasteiger partial charge in [-0.15, -0.1) is 0 Å². The van der Waals surface area contributed by atoms with Crippen LogP contribution in [0.25, 0.3) is 0 Å². The van der Waals surface area contributed by atoms with Crippen LogP contribution < -0.4 is 5.32 Å². The molecule has 1 N–H and O–H groups in total. The Labute approximate surface area is 108 Å². The summed E-state index contributed by atoms with van der Waals surface area (Å²) in [6, 6.07) is -0.0528. The molecular weight excluding hydrogens is 234 g/mol. The van der Waals surface area contributed by atoms with E-state index in [1.54, 1.807) is 9.80 Å². The zero-order valence-electron chi connectivity index (χ0n) is 11.4. The van der Waals surface area contributed by atoms with Crippen molar-refractivity contribution in [3.8, 4) is 0 Å². The number of ether oxygens (including phenoxy) is 1. The molecule has 6 heteroatoms. The van der Waals surface area contributed by atoms with E-state index in [9.17, 15) is 9.59 Å². The number of carbonyl (C=O) groups is 2. The minimum absolute atomic E-state index is 0.000695. The second-order valence-electron chi connectivity index (χ2n) is 4.56. The van der Waals surface area contributed by atoms with Crippen LogP contribution in [0.4, 0.5) is 4.79 Å². The molecule has 104 valence electrons. The molecule has 18 heavy (non-hydrogen) atoms. The van der Waals surface area contributed by atoms with Gasteiger partial charge in [-0.25, -0.2) is 4.79 Å². The zero-order chi connectivity index (χ0) is 13.5. The molecule has 1 aliphatic rings. The van der Waals surface area contributed by atoms with Crippen LogP contribution in [0.3, 0.4) is 0 Å². The third-order valence-electron chi connectivity index (χ3n) is 2.79. The smallest absolute Gasteiger partial charge is 0.317 e. The SMILES string of the molecule is CCNC(=O)N1CCN(C(=O)COC(C)C)CC1. The maximum atomic E-state index is 11.8. The van der Waals surface area contributed by atoms with Gasteiger partial charge in [0.05, 0.1) is 6.10 Å². The van der Waals surface area contributed by atoms with Gasteiger partial charge in [-0.2, -0.15) is 0 Å². The minimum Gasteiger partial charge on any atom is -0.369 e. The van der Waals surface area contributed by atoms with Gasteiger partial charge in [0.2, 0.25) is 5.91 Å². The summed E-state index contributed by atoms with van der Waals surface area (Å²) in [6.07, 6.45) is 0.0607. The maximum Gasteiger partial charge on any atom is 0.317 e. The summed E-state index contributed by atoms with van der Waals surface area (Å²) in [4.78, 5) is 26.8. The van der Waals surface area contributed by atoms with Gasteiger partial charge in [0, 0.05) is 32.7 Å². The van der Waals surface area contributed by atoms with Crippen LogP contribution in [0.15, 0.2) is 0 Å². The van der Waals surface area contributed by atoms with Crippen LogP contribution in [-0.2, 0) is 9.53 Å². The summed E-state index contributed by atoms with van der Waals surface area (Å²) in [6.45, 7) is 8.77. The van der Waals surface area contributed by atoms with E-state index in [4.69, 9.17) is 4.74 Å². The number of nitrogens with zero attached hydrogens (tertiary/aromatic N) is 2. The Balaban J connectivity index is 2.30. The van der Waals surface area contributed by atoms with Crippen molar-refractivity contribution in [2.24, 2.45) is 0 Å². The lowest BCUT2D eigenvalue weighted by molar-refractivity contribution is -0.139. The number of hydrogen-bond donors (Lipinski definition) is 1. The number of urea groups is 1. The summed E-state index contributed by atoms with van der Waals surface area (Å²) >= 11 is 0. The molecule has 0 atom stereocenters. The van der Waals surface area contributed by atoms with Crippen molar-refractivity contribution in [1.82, 2.24) is 15.1 Å². The fourth-order valence-corrected chi connectivity index (χ4v) is 1.75. The van der Waals surface area contributed by atoms with Crippen LogP contribution in [0.1, 0.15) is 20.8 Å². The van der Waals surface area contributed by atoms with E-state index in [0.29, 0.717) is 32.7 Å². The number of rotatable bonds is 4. The topological polar surface area (TPSA) is 61.9 Å². The molecule has 1 rings (SSSR count). The lowest BCUT2D eigenvalue weighted by Crippen LogP contribution is -2.53. The Kier molecular flexibility index (Phi) is 5.91. The van der Waals surface area contributed by atoms with E-state index in [2.05, 4.69) is 5.32 Å². The van der Waals surface area contributed by atoms with Crippen LogP contribution in [0.5, 0.6) is 0 Å². The predicted octanol–water partition coefficient (Wildman–Crippen LogP) is 0.285. The largest absolute Gasteiger partial charge is 0.369 e. The van der Waals surface area contributed by atoms with Gasteiger partial charge in [-0.3, -0.25) is 4.79 Å². The number of carbonyl (C=O) groups excluding carboxylic acids is 2. The lowest BCUT2D eigenvalue weighted by Gasteiger charge is -2.34. The predicted molar refractivity (Wildman–Crippen MR) is 68.3 cm³/mol. The highest BCUT2D eigenvalue weighted by molar-refractivity contribution is 5.78. The van der Waals surface area contributed by atoms with E-state index in [1.165, 1.54) is 0 Å². The van der Waals surface area contributed by atoms with E-state index in [0.717, 1.165) is 0 Å². The van der Waals surface area contributed by atoms with Gasteiger partial charge in [-0.1, -0.05) is 0 Å². The van der Waals surface area contributed by atoms with E-state index < -0.39 is 0 Å². The Morgan fingerprint density at radius 1 is 1.17 bits per heavy atom. The van der Waals surface area contributed by atoms with Crippen molar-refractivity contribution >= 4 is 11.9 Å².